The number of ether oxygens (including phenoxy) is 1. The molecule has 3 N–H and O–H groups in total. The Morgan fingerprint density at radius 3 is 2.48 bits per heavy atom. The number of hydrogen-bond donors (Lipinski definition) is 2. The van der Waals surface area contributed by atoms with Gasteiger partial charge in [-0.15, -0.1) is 0 Å². The molecule has 6 nitrogen and oxygen atoms in total. The van der Waals surface area contributed by atoms with E-state index >= 15 is 0 Å². The molecule has 0 radical (unpaired) electrons. The van der Waals surface area contributed by atoms with Crippen LogP contribution < -0.4 is 16.0 Å². The van der Waals surface area contributed by atoms with Gasteiger partial charge in [0.15, 0.2) is 0 Å². The van der Waals surface area contributed by atoms with Gasteiger partial charge in [-0.05, 0) is 43.0 Å². The Labute approximate surface area is 124 Å². The number of nitrogens with zero attached hydrogens (tertiary/aromatic N) is 1. The standard InChI is InChI=1S/C15H21N3O3/c1-11(19)18(14-4-2-13(16)3-5-14)15(20)17-10-12-6-8-21-9-7-12/h2-5,12H,6-10,16H2,1H3,(H,17,20). The zero-order valence-corrected chi connectivity index (χ0v) is 12.2. The number of amides is 3. The van der Waals surface area contributed by atoms with Crippen molar-refractivity contribution in [3.63, 3.8) is 0 Å². The summed E-state index contributed by atoms with van der Waals surface area (Å²) in [4.78, 5) is 25.1. The van der Waals surface area contributed by atoms with Crippen molar-refractivity contribution in [1.29, 1.82) is 0 Å². The predicted molar refractivity (Wildman–Crippen MR) is 81.0 cm³/mol. The average Bonchev–Trinajstić information content (AvgIpc) is 2.48. The van der Waals surface area contributed by atoms with Crippen LogP contribution in [0.5, 0.6) is 0 Å². The third-order valence-electron chi connectivity index (χ3n) is 3.55. The Morgan fingerprint density at radius 1 is 1.29 bits per heavy atom. The largest absolute Gasteiger partial charge is 0.399 e. The van der Waals surface area contributed by atoms with E-state index in [1.165, 1.54) is 6.92 Å². The third-order valence-corrected chi connectivity index (χ3v) is 3.55. The van der Waals surface area contributed by atoms with Gasteiger partial charge in [-0.2, -0.15) is 0 Å². The Kier molecular flexibility index (Phi) is 5.16. The minimum atomic E-state index is -0.404. The molecule has 6 heteroatoms. The molecule has 0 spiro atoms. The highest BCUT2D eigenvalue weighted by Gasteiger charge is 2.21. The molecule has 0 aromatic heterocycles. The average molecular weight is 291 g/mol. The molecule has 3 amide bonds. The summed E-state index contributed by atoms with van der Waals surface area (Å²) in [7, 11) is 0. The van der Waals surface area contributed by atoms with Crippen molar-refractivity contribution in [2.75, 3.05) is 30.4 Å². The number of nitrogen functional groups attached to an aromatic ring is 1. The Morgan fingerprint density at radius 2 is 1.90 bits per heavy atom. The minimum absolute atomic E-state index is 0.329. The van der Waals surface area contributed by atoms with Crippen LogP contribution in [0.4, 0.5) is 16.2 Å². The van der Waals surface area contributed by atoms with Gasteiger partial charge in [-0.25, -0.2) is 9.69 Å². The first kappa shape index (κ1) is 15.3. The number of imide groups is 1. The van der Waals surface area contributed by atoms with E-state index in [2.05, 4.69) is 5.32 Å². The number of hydrogen-bond acceptors (Lipinski definition) is 4. The highest BCUT2D eigenvalue weighted by molar-refractivity contribution is 6.13. The molecule has 0 atom stereocenters. The van der Waals surface area contributed by atoms with Gasteiger partial charge in [0.2, 0.25) is 5.91 Å². The van der Waals surface area contributed by atoms with E-state index in [9.17, 15) is 9.59 Å². The highest BCUT2D eigenvalue weighted by Crippen LogP contribution is 2.18. The molecule has 1 fully saturated rings. The molecule has 21 heavy (non-hydrogen) atoms. The molecule has 1 aromatic carbocycles. The lowest BCUT2D eigenvalue weighted by Crippen LogP contribution is -2.45. The summed E-state index contributed by atoms with van der Waals surface area (Å²) in [6.07, 6.45) is 1.87. The molecule has 1 aliphatic heterocycles. The first-order valence-corrected chi connectivity index (χ1v) is 7.09. The third kappa shape index (κ3) is 4.19. The lowest BCUT2D eigenvalue weighted by atomic mass is 10.0. The SMILES string of the molecule is CC(=O)N(C(=O)NCC1CCOCC1)c1ccc(N)cc1. The van der Waals surface area contributed by atoms with Crippen LogP contribution in [0, 0.1) is 5.92 Å². The van der Waals surface area contributed by atoms with Crippen LogP contribution in [0.1, 0.15) is 19.8 Å². The van der Waals surface area contributed by atoms with Crippen molar-refractivity contribution in [2.45, 2.75) is 19.8 Å². The van der Waals surface area contributed by atoms with Gasteiger partial charge in [-0.3, -0.25) is 4.79 Å². The minimum Gasteiger partial charge on any atom is -0.399 e. The maximum atomic E-state index is 12.2. The zero-order chi connectivity index (χ0) is 15.2. The molecule has 1 aliphatic rings. The molecule has 0 bridgehead atoms. The topological polar surface area (TPSA) is 84.7 Å². The molecule has 0 aliphatic carbocycles. The highest BCUT2D eigenvalue weighted by atomic mass is 16.5. The van der Waals surface area contributed by atoms with E-state index in [0.29, 0.717) is 23.8 Å². The van der Waals surface area contributed by atoms with Crippen molar-refractivity contribution in [3.8, 4) is 0 Å². The fourth-order valence-electron chi connectivity index (χ4n) is 2.33. The Bertz CT molecular complexity index is 495. The van der Waals surface area contributed by atoms with Crippen molar-refractivity contribution in [3.05, 3.63) is 24.3 Å². The van der Waals surface area contributed by atoms with Gasteiger partial charge in [0.1, 0.15) is 0 Å². The van der Waals surface area contributed by atoms with Crippen LogP contribution >= 0.6 is 0 Å². The Balaban J connectivity index is 1.98. The van der Waals surface area contributed by atoms with Gasteiger partial charge in [-0.1, -0.05) is 0 Å². The lowest BCUT2D eigenvalue weighted by molar-refractivity contribution is -0.115. The van der Waals surface area contributed by atoms with Gasteiger partial charge in [0.05, 0.1) is 5.69 Å². The van der Waals surface area contributed by atoms with Crippen molar-refractivity contribution >= 4 is 23.3 Å². The van der Waals surface area contributed by atoms with Crippen LogP contribution in [0.25, 0.3) is 0 Å². The van der Waals surface area contributed by atoms with E-state index in [1.807, 2.05) is 0 Å². The van der Waals surface area contributed by atoms with Crippen molar-refractivity contribution < 1.29 is 14.3 Å². The molecular weight excluding hydrogens is 270 g/mol. The normalized spacial score (nSPS) is 15.5. The quantitative estimate of drug-likeness (QED) is 0.831. The van der Waals surface area contributed by atoms with Gasteiger partial charge in [0, 0.05) is 32.4 Å². The smallest absolute Gasteiger partial charge is 0.328 e. The monoisotopic (exact) mass is 291 g/mol. The molecule has 0 saturated carbocycles. The van der Waals surface area contributed by atoms with Crippen molar-refractivity contribution in [2.24, 2.45) is 5.92 Å². The molecular formula is C15H21N3O3. The van der Waals surface area contributed by atoms with Gasteiger partial charge >= 0.3 is 6.03 Å². The number of rotatable bonds is 3. The van der Waals surface area contributed by atoms with E-state index in [1.54, 1.807) is 24.3 Å². The number of nitrogens with one attached hydrogen (secondary N) is 1. The summed E-state index contributed by atoms with van der Waals surface area (Å²) < 4.78 is 5.28. The van der Waals surface area contributed by atoms with E-state index < -0.39 is 6.03 Å². The molecule has 1 saturated heterocycles. The summed E-state index contributed by atoms with van der Waals surface area (Å²) in [6, 6.07) is 6.24. The maximum absolute atomic E-state index is 12.2. The Hall–Kier alpha value is -2.08. The summed E-state index contributed by atoms with van der Waals surface area (Å²) in [6.45, 7) is 3.38. The van der Waals surface area contributed by atoms with Gasteiger partial charge < -0.3 is 15.8 Å². The molecule has 114 valence electrons. The van der Waals surface area contributed by atoms with Crippen LogP contribution in [-0.2, 0) is 9.53 Å². The van der Waals surface area contributed by atoms with Crippen LogP contribution in [-0.4, -0.2) is 31.7 Å². The predicted octanol–water partition coefficient (Wildman–Crippen LogP) is 1.76. The number of benzene rings is 1. The number of carbonyl (C=O) groups excluding carboxylic acids is 2. The first-order chi connectivity index (χ1) is 10.1. The van der Waals surface area contributed by atoms with E-state index in [4.69, 9.17) is 10.5 Å². The number of urea groups is 1. The van der Waals surface area contributed by atoms with E-state index in [0.717, 1.165) is 31.0 Å². The lowest BCUT2D eigenvalue weighted by Gasteiger charge is -2.25. The fourth-order valence-corrected chi connectivity index (χ4v) is 2.33. The molecule has 2 rings (SSSR count). The van der Waals surface area contributed by atoms with Crippen LogP contribution in [0.3, 0.4) is 0 Å². The summed E-state index contributed by atoms with van der Waals surface area (Å²) in [5.41, 5.74) is 6.72. The second-order valence-electron chi connectivity index (χ2n) is 5.19. The number of carbonyl (C=O) groups is 2. The van der Waals surface area contributed by atoms with Gasteiger partial charge in [0.25, 0.3) is 0 Å². The molecule has 1 heterocycles. The van der Waals surface area contributed by atoms with Crippen LogP contribution in [0.15, 0.2) is 24.3 Å². The second-order valence-corrected chi connectivity index (χ2v) is 5.19. The first-order valence-electron chi connectivity index (χ1n) is 7.09. The number of anilines is 2. The second kappa shape index (κ2) is 7.08. The van der Waals surface area contributed by atoms with Crippen molar-refractivity contribution in [1.82, 2.24) is 5.32 Å². The maximum Gasteiger partial charge on any atom is 0.328 e. The zero-order valence-electron chi connectivity index (χ0n) is 12.2. The van der Waals surface area contributed by atoms with Crippen LogP contribution in [0.2, 0.25) is 0 Å². The summed E-state index contributed by atoms with van der Waals surface area (Å²) in [5.74, 6) is 0.0761. The fraction of sp³-hybridized carbons (Fsp3) is 0.467. The summed E-state index contributed by atoms with van der Waals surface area (Å²) in [5, 5.41) is 2.83. The molecule has 1 aromatic rings. The summed E-state index contributed by atoms with van der Waals surface area (Å²) >= 11 is 0. The molecule has 0 unspecified atom stereocenters. The van der Waals surface area contributed by atoms with E-state index in [-0.39, 0.29) is 5.91 Å². The number of nitrogens with two attached hydrogens (primary N) is 1.